The van der Waals surface area contributed by atoms with E-state index in [1.165, 1.54) is 33.5 Å². The third kappa shape index (κ3) is 2.86. The van der Waals surface area contributed by atoms with Gasteiger partial charge in [-0.25, -0.2) is 0 Å². The van der Waals surface area contributed by atoms with Crippen molar-refractivity contribution in [1.29, 1.82) is 0 Å². The smallest absolute Gasteiger partial charge is 0.0485 e. The predicted octanol–water partition coefficient (Wildman–Crippen LogP) is 6.91. The molecule has 0 aromatic heterocycles. The first-order valence-electron chi connectivity index (χ1n) is 10.4. The summed E-state index contributed by atoms with van der Waals surface area (Å²) in [7, 11) is 0. The summed E-state index contributed by atoms with van der Waals surface area (Å²) in [6, 6.07) is 18.2. The molecule has 0 spiro atoms. The molecule has 3 aliphatic carbocycles. The molecule has 2 aromatic carbocycles. The van der Waals surface area contributed by atoms with Crippen LogP contribution in [0.4, 0.5) is 5.69 Å². The molecule has 5 rings (SSSR count). The monoisotopic (exact) mass is 365 g/mol. The van der Waals surface area contributed by atoms with Gasteiger partial charge in [-0.1, -0.05) is 80.6 Å². The van der Waals surface area contributed by atoms with Gasteiger partial charge in [0, 0.05) is 17.1 Å². The summed E-state index contributed by atoms with van der Waals surface area (Å²) in [6.07, 6.45) is 14.7. The number of hydrogen-bond acceptors (Lipinski definition) is 1. The van der Waals surface area contributed by atoms with Crippen molar-refractivity contribution in [2.75, 3.05) is 5.32 Å². The van der Waals surface area contributed by atoms with E-state index in [-0.39, 0.29) is 5.41 Å². The van der Waals surface area contributed by atoms with Crippen molar-refractivity contribution in [3.05, 3.63) is 101 Å². The molecular formula is C27H27N. The zero-order valence-electron chi connectivity index (χ0n) is 16.7. The summed E-state index contributed by atoms with van der Waals surface area (Å²) in [5, 5.41) is 3.73. The van der Waals surface area contributed by atoms with E-state index in [2.05, 4.69) is 98.1 Å². The molecule has 0 saturated carbocycles. The molecule has 1 N–H and O–H groups in total. The third-order valence-corrected chi connectivity index (χ3v) is 6.51. The van der Waals surface area contributed by atoms with Crippen molar-refractivity contribution in [2.45, 2.75) is 44.6 Å². The first kappa shape index (κ1) is 17.3. The first-order valence-corrected chi connectivity index (χ1v) is 10.4. The minimum atomic E-state index is 0.113. The van der Waals surface area contributed by atoms with Crippen molar-refractivity contribution in [3.63, 3.8) is 0 Å². The topological polar surface area (TPSA) is 12.0 Å². The van der Waals surface area contributed by atoms with Crippen LogP contribution in [-0.4, -0.2) is 6.04 Å². The Hall–Kier alpha value is -2.80. The fourth-order valence-electron chi connectivity index (χ4n) is 4.92. The van der Waals surface area contributed by atoms with Gasteiger partial charge in [-0.3, -0.25) is 0 Å². The Bertz CT molecular complexity index is 1030. The second-order valence-electron chi connectivity index (χ2n) is 8.61. The SMILES string of the molecule is CC1(C)C2=C(C=CC(Nc3ccc(C4=CC=CCC4)cc3)C2)c2ccccc21. The highest BCUT2D eigenvalue weighted by Crippen LogP contribution is 2.50. The molecule has 1 nitrogen and oxygen atoms in total. The van der Waals surface area contributed by atoms with Crippen molar-refractivity contribution in [1.82, 2.24) is 0 Å². The standard InChI is InChI=1S/C27H27N/c1-27(2)25-11-7-6-10-23(25)24-17-16-22(18-26(24)27)28-21-14-12-20(13-15-21)19-8-4-3-5-9-19/h3-4,6-8,10-17,22,28H,5,9,18H2,1-2H3. The van der Waals surface area contributed by atoms with Crippen LogP contribution in [0.2, 0.25) is 0 Å². The van der Waals surface area contributed by atoms with Crippen LogP contribution in [0.5, 0.6) is 0 Å². The van der Waals surface area contributed by atoms with E-state index >= 15 is 0 Å². The van der Waals surface area contributed by atoms with Crippen LogP contribution >= 0.6 is 0 Å². The van der Waals surface area contributed by atoms with Gasteiger partial charge in [0.2, 0.25) is 0 Å². The summed E-state index contributed by atoms with van der Waals surface area (Å²) in [6.45, 7) is 4.73. The number of anilines is 1. The normalized spacial score (nSPS) is 21.9. The molecule has 1 unspecified atom stereocenters. The Morgan fingerprint density at radius 1 is 1.00 bits per heavy atom. The van der Waals surface area contributed by atoms with Gasteiger partial charge in [-0.05, 0) is 64.8 Å². The molecule has 0 saturated heterocycles. The van der Waals surface area contributed by atoms with Crippen LogP contribution in [0.3, 0.4) is 0 Å². The van der Waals surface area contributed by atoms with E-state index in [0.717, 1.165) is 19.3 Å². The lowest BCUT2D eigenvalue weighted by atomic mass is 9.77. The maximum absolute atomic E-state index is 3.73. The number of benzene rings is 2. The third-order valence-electron chi connectivity index (χ3n) is 6.51. The van der Waals surface area contributed by atoms with Crippen LogP contribution in [0, 0.1) is 0 Å². The lowest BCUT2D eigenvalue weighted by Crippen LogP contribution is -2.26. The molecule has 3 aliphatic rings. The summed E-state index contributed by atoms with van der Waals surface area (Å²) in [4.78, 5) is 0. The van der Waals surface area contributed by atoms with Gasteiger partial charge in [0.1, 0.15) is 0 Å². The highest BCUT2D eigenvalue weighted by atomic mass is 14.9. The van der Waals surface area contributed by atoms with Gasteiger partial charge in [0.25, 0.3) is 0 Å². The van der Waals surface area contributed by atoms with E-state index in [0.29, 0.717) is 6.04 Å². The largest absolute Gasteiger partial charge is 0.379 e. The molecule has 0 fully saturated rings. The van der Waals surface area contributed by atoms with E-state index in [9.17, 15) is 0 Å². The van der Waals surface area contributed by atoms with Crippen LogP contribution in [0.1, 0.15) is 49.8 Å². The van der Waals surface area contributed by atoms with Gasteiger partial charge >= 0.3 is 0 Å². The van der Waals surface area contributed by atoms with Crippen LogP contribution in [-0.2, 0) is 5.41 Å². The van der Waals surface area contributed by atoms with E-state index in [1.807, 2.05) is 0 Å². The van der Waals surface area contributed by atoms with Gasteiger partial charge in [0.15, 0.2) is 0 Å². The Balaban J connectivity index is 1.33. The maximum Gasteiger partial charge on any atom is 0.0485 e. The molecule has 28 heavy (non-hydrogen) atoms. The molecule has 0 radical (unpaired) electrons. The Morgan fingerprint density at radius 2 is 1.82 bits per heavy atom. The fraction of sp³-hybridized carbons (Fsp3) is 0.259. The summed E-state index contributed by atoms with van der Waals surface area (Å²) < 4.78 is 0. The summed E-state index contributed by atoms with van der Waals surface area (Å²) in [5.74, 6) is 0. The highest BCUT2D eigenvalue weighted by Gasteiger charge is 2.38. The highest BCUT2D eigenvalue weighted by molar-refractivity contribution is 5.87. The molecule has 0 amide bonds. The molecule has 1 heteroatoms. The van der Waals surface area contributed by atoms with Crippen molar-refractivity contribution in [3.8, 4) is 0 Å². The molecule has 140 valence electrons. The van der Waals surface area contributed by atoms with Gasteiger partial charge in [-0.15, -0.1) is 0 Å². The lowest BCUT2D eigenvalue weighted by molar-refractivity contribution is 0.596. The summed E-state index contributed by atoms with van der Waals surface area (Å²) in [5.41, 5.74) is 9.96. The average molecular weight is 366 g/mol. The average Bonchev–Trinajstić information content (AvgIpc) is 2.97. The molecule has 2 aromatic rings. The van der Waals surface area contributed by atoms with Crippen LogP contribution in [0.15, 0.2) is 84.5 Å². The Kier molecular flexibility index (Phi) is 4.12. The van der Waals surface area contributed by atoms with E-state index in [1.54, 1.807) is 5.57 Å². The first-order chi connectivity index (χ1) is 13.6. The van der Waals surface area contributed by atoms with Crippen molar-refractivity contribution >= 4 is 16.8 Å². The number of allylic oxidation sites excluding steroid dienone is 6. The zero-order chi connectivity index (χ0) is 19.1. The molecular weight excluding hydrogens is 338 g/mol. The van der Waals surface area contributed by atoms with Gasteiger partial charge in [-0.2, -0.15) is 0 Å². The minimum absolute atomic E-state index is 0.113. The number of nitrogens with one attached hydrogen (secondary N) is 1. The zero-order valence-corrected chi connectivity index (χ0v) is 16.7. The molecule has 0 bridgehead atoms. The van der Waals surface area contributed by atoms with E-state index in [4.69, 9.17) is 0 Å². The number of hydrogen-bond donors (Lipinski definition) is 1. The van der Waals surface area contributed by atoms with Crippen LogP contribution in [0.25, 0.3) is 11.1 Å². The van der Waals surface area contributed by atoms with Crippen molar-refractivity contribution in [2.24, 2.45) is 0 Å². The van der Waals surface area contributed by atoms with Gasteiger partial charge in [0.05, 0.1) is 0 Å². The Morgan fingerprint density at radius 3 is 2.61 bits per heavy atom. The fourth-order valence-corrected chi connectivity index (χ4v) is 4.92. The number of rotatable bonds is 3. The number of fused-ring (bicyclic) bond motifs is 2. The quantitative estimate of drug-likeness (QED) is 0.623. The second kappa shape index (κ2) is 6.67. The van der Waals surface area contributed by atoms with Gasteiger partial charge < -0.3 is 5.32 Å². The Labute approximate surface area is 168 Å². The predicted molar refractivity (Wildman–Crippen MR) is 120 cm³/mol. The second-order valence-corrected chi connectivity index (χ2v) is 8.61. The summed E-state index contributed by atoms with van der Waals surface area (Å²) >= 11 is 0. The molecule has 1 atom stereocenters. The van der Waals surface area contributed by atoms with Crippen LogP contribution < -0.4 is 5.32 Å². The molecule has 0 heterocycles. The van der Waals surface area contributed by atoms with E-state index < -0.39 is 0 Å². The molecule has 0 aliphatic heterocycles. The minimum Gasteiger partial charge on any atom is -0.379 e. The van der Waals surface area contributed by atoms with Crippen molar-refractivity contribution < 1.29 is 0 Å². The lowest BCUT2D eigenvalue weighted by Gasteiger charge is -2.29. The maximum atomic E-state index is 3.73.